The topological polar surface area (TPSA) is 90.7 Å². The summed E-state index contributed by atoms with van der Waals surface area (Å²) in [4.78, 5) is 28.9. The normalized spacial score (nSPS) is 14.1. The highest BCUT2D eigenvalue weighted by atomic mass is 16.5. The third kappa shape index (κ3) is 3.91. The zero-order valence-electron chi connectivity index (χ0n) is 17.6. The van der Waals surface area contributed by atoms with E-state index in [1.807, 2.05) is 38.1 Å². The van der Waals surface area contributed by atoms with Crippen LogP contribution < -0.4 is 15.0 Å². The van der Waals surface area contributed by atoms with E-state index in [9.17, 15) is 14.7 Å². The minimum atomic E-state index is -1.05. The van der Waals surface area contributed by atoms with Crippen LogP contribution in [-0.2, 0) is 6.54 Å². The van der Waals surface area contributed by atoms with Crippen LogP contribution in [0.4, 0.5) is 0 Å². The van der Waals surface area contributed by atoms with Gasteiger partial charge in [0.1, 0.15) is 5.82 Å². The predicted molar refractivity (Wildman–Crippen MR) is 119 cm³/mol. The van der Waals surface area contributed by atoms with Gasteiger partial charge in [0.25, 0.3) is 5.56 Å². The lowest BCUT2D eigenvalue weighted by atomic mass is 10.1. The average molecular weight is 420 g/mol. The lowest BCUT2D eigenvalue weighted by molar-refractivity contribution is 0.0697. The molecule has 0 saturated carbocycles. The molecular formula is C24H24N2O5. The van der Waals surface area contributed by atoms with Gasteiger partial charge < -0.3 is 14.6 Å². The molecule has 0 atom stereocenters. The van der Waals surface area contributed by atoms with Crippen molar-refractivity contribution in [2.45, 2.75) is 33.2 Å². The molecule has 4 rings (SSSR count). The molecule has 1 aliphatic heterocycles. The number of rotatable bonds is 7. The van der Waals surface area contributed by atoms with Crippen molar-refractivity contribution < 1.29 is 19.4 Å². The fourth-order valence-electron chi connectivity index (χ4n) is 3.75. The molecule has 0 aliphatic carbocycles. The minimum absolute atomic E-state index is 0.104. The van der Waals surface area contributed by atoms with E-state index in [0.717, 1.165) is 17.6 Å². The number of aromatic nitrogens is 2. The van der Waals surface area contributed by atoms with Crippen molar-refractivity contribution in [2.75, 3.05) is 13.2 Å². The SMILES string of the molecule is CCCOc1c(/C=C2\CCn3c2nc2cc(C(=O)O)ccc2c3=O)cccc1OCC. The number of allylic oxidation sites excluding steroid dienone is 1. The van der Waals surface area contributed by atoms with Crippen molar-refractivity contribution >= 4 is 28.5 Å². The first kappa shape index (κ1) is 20.7. The summed E-state index contributed by atoms with van der Waals surface area (Å²) in [6, 6.07) is 10.1. The Bertz CT molecular complexity index is 1240. The third-order valence-electron chi connectivity index (χ3n) is 5.18. The second-order valence-corrected chi connectivity index (χ2v) is 7.30. The Morgan fingerprint density at radius 2 is 2.06 bits per heavy atom. The van der Waals surface area contributed by atoms with Crippen LogP contribution in [0, 0.1) is 0 Å². The van der Waals surface area contributed by atoms with Gasteiger partial charge in [-0.3, -0.25) is 9.36 Å². The Morgan fingerprint density at radius 3 is 2.81 bits per heavy atom. The van der Waals surface area contributed by atoms with E-state index in [1.54, 1.807) is 4.57 Å². The molecule has 0 unspecified atom stereocenters. The molecule has 1 aliphatic rings. The minimum Gasteiger partial charge on any atom is -0.490 e. The fourth-order valence-corrected chi connectivity index (χ4v) is 3.75. The standard InChI is InChI=1S/C24H24N2O5/c1-3-12-31-21-15(6-5-7-20(21)30-4-2)13-16-10-11-26-22(16)25-19-14-17(24(28)29)8-9-18(19)23(26)27/h5-9,13-14H,3-4,10-12H2,1-2H3,(H,28,29)/b16-13+. The smallest absolute Gasteiger partial charge is 0.335 e. The van der Waals surface area contributed by atoms with E-state index in [0.29, 0.717) is 54.4 Å². The molecule has 1 N–H and O–H groups in total. The van der Waals surface area contributed by atoms with Crippen LogP contribution in [0.25, 0.3) is 22.6 Å². The van der Waals surface area contributed by atoms with Gasteiger partial charge in [-0.15, -0.1) is 0 Å². The first-order valence-electron chi connectivity index (χ1n) is 10.4. The first-order valence-corrected chi connectivity index (χ1v) is 10.4. The highest BCUT2D eigenvalue weighted by Gasteiger charge is 2.22. The van der Waals surface area contributed by atoms with E-state index < -0.39 is 5.97 Å². The second-order valence-electron chi connectivity index (χ2n) is 7.30. The monoisotopic (exact) mass is 420 g/mol. The molecule has 0 fully saturated rings. The maximum Gasteiger partial charge on any atom is 0.335 e. The van der Waals surface area contributed by atoms with Crippen molar-refractivity contribution in [2.24, 2.45) is 0 Å². The zero-order valence-corrected chi connectivity index (χ0v) is 17.6. The molecular weight excluding hydrogens is 396 g/mol. The fraction of sp³-hybridized carbons (Fsp3) is 0.292. The molecule has 2 aromatic carbocycles. The Labute approximate surface area is 179 Å². The summed E-state index contributed by atoms with van der Waals surface area (Å²) in [6.45, 7) is 5.59. The van der Waals surface area contributed by atoms with E-state index >= 15 is 0 Å². The number of carboxylic acids is 1. The average Bonchev–Trinajstić information content (AvgIpc) is 3.16. The second kappa shape index (κ2) is 8.63. The van der Waals surface area contributed by atoms with Crippen LogP contribution in [0.2, 0.25) is 0 Å². The molecule has 2 heterocycles. The number of aromatic carboxylic acids is 1. The van der Waals surface area contributed by atoms with Crippen LogP contribution >= 0.6 is 0 Å². The number of carbonyl (C=O) groups is 1. The van der Waals surface area contributed by atoms with Crippen LogP contribution in [0.5, 0.6) is 11.5 Å². The molecule has 1 aromatic heterocycles. The summed E-state index contributed by atoms with van der Waals surface area (Å²) in [7, 11) is 0. The Balaban J connectivity index is 1.84. The van der Waals surface area contributed by atoms with E-state index in [4.69, 9.17) is 9.47 Å². The quantitative estimate of drug-likeness (QED) is 0.615. The van der Waals surface area contributed by atoms with Gasteiger partial charge in [-0.2, -0.15) is 0 Å². The van der Waals surface area contributed by atoms with Crippen molar-refractivity contribution in [1.29, 1.82) is 0 Å². The van der Waals surface area contributed by atoms with Gasteiger partial charge in [0.15, 0.2) is 11.5 Å². The number of carboxylic acid groups (broad SMARTS) is 1. The molecule has 7 heteroatoms. The van der Waals surface area contributed by atoms with Gasteiger partial charge in [-0.25, -0.2) is 9.78 Å². The Kier molecular flexibility index (Phi) is 5.75. The van der Waals surface area contributed by atoms with Gasteiger partial charge in [0, 0.05) is 12.1 Å². The molecule has 3 aromatic rings. The Hall–Kier alpha value is -3.61. The largest absolute Gasteiger partial charge is 0.490 e. The number of nitrogens with zero attached hydrogens (tertiary/aromatic N) is 2. The number of hydrogen-bond donors (Lipinski definition) is 1. The lowest BCUT2D eigenvalue weighted by Crippen LogP contribution is -2.21. The predicted octanol–water partition coefficient (Wildman–Crippen LogP) is 4.23. The summed E-state index contributed by atoms with van der Waals surface area (Å²) in [5.74, 6) is 0.862. The summed E-state index contributed by atoms with van der Waals surface area (Å²) >= 11 is 0. The molecule has 160 valence electrons. The van der Waals surface area contributed by atoms with Gasteiger partial charge in [0.05, 0.1) is 29.7 Å². The first-order chi connectivity index (χ1) is 15.0. The molecule has 0 amide bonds. The maximum absolute atomic E-state index is 13.0. The molecule has 7 nitrogen and oxygen atoms in total. The van der Waals surface area contributed by atoms with Crippen molar-refractivity contribution in [3.05, 3.63) is 63.7 Å². The number of benzene rings is 2. The van der Waals surface area contributed by atoms with Gasteiger partial charge in [0.2, 0.25) is 0 Å². The Morgan fingerprint density at radius 1 is 1.23 bits per heavy atom. The molecule has 31 heavy (non-hydrogen) atoms. The van der Waals surface area contributed by atoms with Crippen molar-refractivity contribution in [3.63, 3.8) is 0 Å². The number of ether oxygens (including phenoxy) is 2. The molecule has 0 radical (unpaired) electrons. The number of para-hydroxylation sites is 1. The molecule has 0 spiro atoms. The van der Waals surface area contributed by atoms with Crippen molar-refractivity contribution in [1.82, 2.24) is 9.55 Å². The lowest BCUT2D eigenvalue weighted by Gasteiger charge is -2.14. The number of hydrogen-bond acceptors (Lipinski definition) is 5. The highest BCUT2D eigenvalue weighted by molar-refractivity contribution is 5.93. The van der Waals surface area contributed by atoms with Crippen LogP contribution in [-0.4, -0.2) is 33.8 Å². The zero-order chi connectivity index (χ0) is 22.0. The molecule has 0 saturated heterocycles. The van der Waals surface area contributed by atoms with Crippen LogP contribution in [0.3, 0.4) is 0 Å². The summed E-state index contributed by atoms with van der Waals surface area (Å²) < 4.78 is 13.4. The summed E-state index contributed by atoms with van der Waals surface area (Å²) in [5.41, 5.74) is 2.08. The van der Waals surface area contributed by atoms with Gasteiger partial charge in [-0.1, -0.05) is 19.1 Å². The maximum atomic E-state index is 13.0. The van der Waals surface area contributed by atoms with Crippen LogP contribution in [0.15, 0.2) is 41.2 Å². The summed E-state index contributed by atoms with van der Waals surface area (Å²) in [5, 5.41) is 9.69. The van der Waals surface area contributed by atoms with Crippen LogP contribution in [0.1, 0.15) is 48.4 Å². The van der Waals surface area contributed by atoms with Gasteiger partial charge in [-0.05, 0) is 55.7 Å². The van der Waals surface area contributed by atoms with Crippen molar-refractivity contribution in [3.8, 4) is 11.5 Å². The van der Waals surface area contributed by atoms with Gasteiger partial charge >= 0.3 is 5.97 Å². The highest BCUT2D eigenvalue weighted by Crippen LogP contribution is 2.36. The summed E-state index contributed by atoms with van der Waals surface area (Å²) in [6.07, 6.45) is 3.50. The third-order valence-corrected chi connectivity index (χ3v) is 5.18. The van der Waals surface area contributed by atoms with E-state index in [-0.39, 0.29) is 11.1 Å². The van der Waals surface area contributed by atoms with E-state index in [1.165, 1.54) is 18.2 Å². The molecule has 0 bridgehead atoms. The number of fused-ring (bicyclic) bond motifs is 2. The van der Waals surface area contributed by atoms with E-state index in [2.05, 4.69) is 4.98 Å².